The molecule has 0 radical (unpaired) electrons. The van der Waals surface area contributed by atoms with Crippen molar-refractivity contribution in [2.45, 2.75) is 52.2 Å². The molecule has 1 unspecified atom stereocenters. The van der Waals surface area contributed by atoms with Gasteiger partial charge in [0, 0.05) is 31.8 Å². The summed E-state index contributed by atoms with van der Waals surface area (Å²) in [5.74, 6) is 1.83. The zero-order valence-corrected chi connectivity index (χ0v) is 19.2. The van der Waals surface area contributed by atoms with Crippen LogP contribution in [0.15, 0.2) is 22.7 Å². The second-order valence-corrected chi connectivity index (χ2v) is 8.38. The van der Waals surface area contributed by atoms with Crippen molar-refractivity contribution in [2.24, 2.45) is 5.92 Å². The van der Waals surface area contributed by atoms with E-state index in [4.69, 9.17) is 19.1 Å². The fourth-order valence-electron chi connectivity index (χ4n) is 3.86. The third-order valence-corrected chi connectivity index (χ3v) is 5.74. The molecule has 1 atom stereocenters. The van der Waals surface area contributed by atoms with Crippen LogP contribution in [0.4, 0.5) is 6.01 Å². The van der Waals surface area contributed by atoms with Gasteiger partial charge >= 0.3 is 6.01 Å². The van der Waals surface area contributed by atoms with Crippen molar-refractivity contribution in [2.75, 3.05) is 38.3 Å². The maximum atomic E-state index is 12.2. The van der Waals surface area contributed by atoms with Crippen LogP contribution in [-0.4, -0.2) is 60.6 Å². The number of aliphatic hydroxyl groups is 1. The van der Waals surface area contributed by atoms with Crippen molar-refractivity contribution < 1.29 is 23.9 Å². The second-order valence-electron chi connectivity index (χ2n) is 8.38. The second kappa shape index (κ2) is 11.8. The molecule has 3 rings (SSSR count). The minimum Gasteiger partial charge on any atom is -0.494 e. The summed E-state index contributed by atoms with van der Waals surface area (Å²) in [4.78, 5) is 18.7. The van der Waals surface area contributed by atoms with Crippen molar-refractivity contribution in [1.82, 2.24) is 15.5 Å². The fourth-order valence-corrected chi connectivity index (χ4v) is 3.86. The Morgan fingerprint density at radius 2 is 2.16 bits per heavy atom. The van der Waals surface area contributed by atoms with E-state index < -0.39 is 0 Å². The third kappa shape index (κ3) is 6.67. The van der Waals surface area contributed by atoms with E-state index in [1.165, 1.54) is 0 Å². The van der Waals surface area contributed by atoms with Crippen LogP contribution in [0.5, 0.6) is 5.75 Å². The standard InChI is InChI=1S/C23H34N4O5/c1-16-13-19(6-7-20(16)22(29)24-17(2)14-28)31-12-4-5-18-8-10-27(11-9-18)23-25-21(15-30-3)26-32-23/h6-7,13,17-18,28H,4-5,8-12,14-15H2,1-3H3,(H,24,29). The number of anilines is 1. The molecule has 1 saturated heterocycles. The van der Waals surface area contributed by atoms with E-state index in [0.29, 0.717) is 36.5 Å². The van der Waals surface area contributed by atoms with Gasteiger partial charge in [0.2, 0.25) is 0 Å². The number of hydrogen-bond acceptors (Lipinski definition) is 8. The highest BCUT2D eigenvalue weighted by Crippen LogP contribution is 2.25. The molecule has 32 heavy (non-hydrogen) atoms. The van der Waals surface area contributed by atoms with E-state index in [0.717, 1.165) is 50.1 Å². The van der Waals surface area contributed by atoms with Gasteiger partial charge in [-0.3, -0.25) is 4.79 Å². The van der Waals surface area contributed by atoms with E-state index in [-0.39, 0.29) is 18.6 Å². The molecule has 2 heterocycles. The zero-order chi connectivity index (χ0) is 22.9. The smallest absolute Gasteiger partial charge is 0.324 e. The van der Waals surface area contributed by atoms with E-state index in [1.54, 1.807) is 20.1 Å². The number of aromatic nitrogens is 2. The Hall–Kier alpha value is -2.65. The molecule has 1 aromatic heterocycles. The molecule has 9 heteroatoms. The minimum atomic E-state index is -0.273. The summed E-state index contributed by atoms with van der Waals surface area (Å²) in [7, 11) is 1.61. The van der Waals surface area contributed by atoms with Gasteiger partial charge in [-0.2, -0.15) is 4.98 Å². The molecule has 0 spiro atoms. The van der Waals surface area contributed by atoms with E-state index in [9.17, 15) is 4.79 Å². The summed E-state index contributed by atoms with van der Waals surface area (Å²) in [6.45, 7) is 6.40. The first-order chi connectivity index (χ1) is 15.5. The number of aryl methyl sites for hydroxylation is 1. The lowest BCUT2D eigenvalue weighted by Crippen LogP contribution is -2.35. The maximum Gasteiger partial charge on any atom is 0.324 e. The molecule has 1 amide bonds. The number of methoxy groups -OCH3 is 1. The fraction of sp³-hybridized carbons (Fsp3) is 0.609. The van der Waals surface area contributed by atoms with Crippen molar-refractivity contribution in [1.29, 1.82) is 0 Å². The molecule has 2 aromatic rings. The number of carbonyl (C=O) groups excluding carboxylic acids is 1. The zero-order valence-electron chi connectivity index (χ0n) is 19.2. The van der Waals surface area contributed by atoms with Gasteiger partial charge in [-0.25, -0.2) is 0 Å². The van der Waals surface area contributed by atoms with Crippen LogP contribution in [0.1, 0.15) is 54.4 Å². The monoisotopic (exact) mass is 446 g/mol. The topological polar surface area (TPSA) is 110 Å². The van der Waals surface area contributed by atoms with Crippen LogP contribution in [0.25, 0.3) is 0 Å². The molecule has 1 aliphatic rings. The lowest BCUT2D eigenvalue weighted by molar-refractivity contribution is 0.0921. The molecule has 0 aliphatic carbocycles. The maximum absolute atomic E-state index is 12.2. The van der Waals surface area contributed by atoms with Crippen molar-refractivity contribution in [3.63, 3.8) is 0 Å². The van der Waals surface area contributed by atoms with Crippen LogP contribution in [0.2, 0.25) is 0 Å². The van der Waals surface area contributed by atoms with Crippen LogP contribution < -0.4 is 15.0 Å². The number of hydrogen-bond donors (Lipinski definition) is 2. The number of benzene rings is 1. The van der Waals surface area contributed by atoms with E-state index in [1.807, 2.05) is 19.1 Å². The summed E-state index contributed by atoms with van der Waals surface area (Å²) >= 11 is 0. The third-order valence-electron chi connectivity index (χ3n) is 5.74. The van der Waals surface area contributed by atoms with Gasteiger partial charge in [0.15, 0.2) is 5.82 Å². The molecule has 1 aromatic carbocycles. The molecule has 1 aliphatic heterocycles. The SMILES string of the molecule is COCc1noc(N2CCC(CCCOc3ccc(C(=O)NC(C)CO)c(C)c3)CC2)n1. The molecule has 0 bridgehead atoms. The first-order valence-electron chi connectivity index (χ1n) is 11.2. The molecule has 1 fully saturated rings. The molecular weight excluding hydrogens is 412 g/mol. The summed E-state index contributed by atoms with van der Waals surface area (Å²) < 4.78 is 16.3. The Labute approximate surface area is 189 Å². The average molecular weight is 447 g/mol. The number of rotatable bonds is 11. The molecule has 2 N–H and O–H groups in total. The summed E-state index contributed by atoms with van der Waals surface area (Å²) in [5.41, 5.74) is 1.45. The van der Waals surface area contributed by atoms with Gasteiger partial charge in [0.25, 0.3) is 5.91 Å². The summed E-state index contributed by atoms with van der Waals surface area (Å²) in [6, 6.07) is 5.79. The van der Waals surface area contributed by atoms with Crippen molar-refractivity contribution in [3.8, 4) is 5.75 Å². The number of carbonyl (C=O) groups is 1. The Kier molecular flexibility index (Phi) is 8.87. The van der Waals surface area contributed by atoms with E-state index in [2.05, 4.69) is 20.4 Å². The highest BCUT2D eigenvalue weighted by molar-refractivity contribution is 5.95. The van der Waals surface area contributed by atoms with E-state index >= 15 is 0 Å². The van der Waals surface area contributed by atoms with Gasteiger partial charge < -0.3 is 29.3 Å². The van der Waals surface area contributed by atoms with Gasteiger partial charge in [0.05, 0.1) is 13.2 Å². The predicted octanol–water partition coefficient (Wildman–Crippen LogP) is 2.71. The highest BCUT2D eigenvalue weighted by atomic mass is 16.5. The quantitative estimate of drug-likeness (QED) is 0.507. The minimum absolute atomic E-state index is 0.0860. The van der Waals surface area contributed by atoms with Crippen LogP contribution in [0.3, 0.4) is 0 Å². The van der Waals surface area contributed by atoms with Crippen LogP contribution >= 0.6 is 0 Å². The van der Waals surface area contributed by atoms with Gasteiger partial charge in [-0.1, -0.05) is 5.16 Å². The normalized spacial score (nSPS) is 15.6. The molecule has 9 nitrogen and oxygen atoms in total. The van der Waals surface area contributed by atoms with Gasteiger partial charge in [-0.15, -0.1) is 0 Å². The molecular formula is C23H34N4O5. The highest BCUT2D eigenvalue weighted by Gasteiger charge is 2.23. The largest absolute Gasteiger partial charge is 0.494 e. The summed E-state index contributed by atoms with van der Waals surface area (Å²) in [6.07, 6.45) is 4.29. The average Bonchev–Trinajstić information content (AvgIpc) is 3.26. The van der Waals surface area contributed by atoms with Crippen molar-refractivity contribution >= 4 is 11.9 Å². The van der Waals surface area contributed by atoms with Crippen LogP contribution in [-0.2, 0) is 11.3 Å². The molecule has 0 saturated carbocycles. The Balaban J connectivity index is 1.36. The van der Waals surface area contributed by atoms with Gasteiger partial charge in [0.1, 0.15) is 12.4 Å². The number of aliphatic hydroxyl groups excluding tert-OH is 1. The number of nitrogens with zero attached hydrogens (tertiary/aromatic N) is 3. The van der Waals surface area contributed by atoms with Gasteiger partial charge in [-0.05, 0) is 69.2 Å². The Bertz CT molecular complexity index is 864. The first kappa shape index (κ1) is 24.0. The molecule has 176 valence electrons. The number of ether oxygens (including phenoxy) is 2. The summed E-state index contributed by atoms with van der Waals surface area (Å²) in [5, 5.41) is 15.8. The Morgan fingerprint density at radius 3 is 2.84 bits per heavy atom. The van der Waals surface area contributed by atoms with Crippen LogP contribution in [0, 0.1) is 12.8 Å². The Morgan fingerprint density at radius 1 is 1.38 bits per heavy atom. The lowest BCUT2D eigenvalue weighted by atomic mass is 9.92. The van der Waals surface area contributed by atoms with Crippen molar-refractivity contribution in [3.05, 3.63) is 35.2 Å². The predicted molar refractivity (Wildman–Crippen MR) is 120 cm³/mol. The first-order valence-corrected chi connectivity index (χ1v) is 11.2. The lowest BCUT2D eigenvalue weighted by Gasteiger charge is -2.30. The number of nitrogens with one attached hydrogen (secondary N) is 1. The number of amides is 1. The number of piperidine rings is 1.